The molecule has 0 aliphatic heterocycles. The van der Waals surface area contributed by atoms with Gasteiger partial charge in [-0.3, -0.25) is 4.68 Å². The van der Waals surface area contributed by atoms with Crippen LogP contribution in [-0.4, -0.2) is 16.3 Å². The molecule has 3 nitrogen and oxygen atoms in total. The molecular weight excluding hydrogens is 234 g/mol. The van der Waals surface area contributed by atoms with Crippen LogP contribution in [0.2, 0.25) is 0 Å². The van der Waals surface area contributed by atoms with Crippen molar-refractivity contribution < 1.29 is 0 Å². The number of hydrogen-bond acceptors (Lipinski definition) is 2. The zero-order valence-electron chi connectivity index (χ0n) is 12.1. The average molecular weight is 257 g/mol. The first-order valence-electron chi connectivity index (χ1n) is 7.02. The first-order chi connectivity index (χ1) is 9.20. The third-order valence-electron chi connectivity index (χ3n) is 3.50. The topological polar surface area (TPSA) is 29.9 Å². The Labute approximate surface area is 115 Å². The monoisotopic (exact) mass is 257 g/mol. The molecule has 0 bridgehead atoms. The number of anilines is 1. The molecule has 1 atom stereocenters. The summed E-state index contributed by atoms with van der Waals surface area (Å²) >= 11 is 0. The van der Waals surface area contributed by atoms with Gasteiger partial charge in [-0.1, -0.05) is 44.2 Å². The molecule has 1 aromatic carbocycles. The smallest absolute Gasteiger partial charge is 0.0853 e. The Morgan fingerprint density at radius 3 is 2.68 bits per heavy atom. The molecule has 0 radical (unpaired) electrons. The standard InChI is InChI=1S/C16H23N3/c1-4-15-16(12-19(3)18-15)17-11-10-13(2)14-8-6-5-7-9-14/h5-9,12-13,17H,4,10-11H2,1-3H3. The van der Waals surface area contributed by atoms with Gasteiger partial charge in [0.15, 0.2) is 0 Å². The second-order valence-corrected chi connectivity index (χ2v) is 5.04. The van der Waals surface area contributed by atoms with Crippen LogP contribution >= 0.6 is 0 Å². The van der Waals surface area contributed by atoms with E-state index in [0.29, 0.717) is 5.92 Å². The van der Waals surface area contributed by atoms with Gasteiger partial charge in [-0.05, 0) is 24.3 Å². The van der Waals surface area contributed by atoms with Crippen LogP contribution < -0.4 is 5.32 Å². The summed E-state index contributed by atoms with van der Waals surface area (Å²) in [6, 6.07) is 10.7. The number of benzene rings is 1. The van der Waals surface area contributed by atoms with Gasteiger partial charge < -0.3 is 5.32 Å². The molecule has 1 N–H and O–H groups in total. The summed E-state index contributed by atoms with van der Waals surface area (Å²) in [7, 11) is 1.97. The molecule has 0 spiro atoms. The second-order valence-electron chi connectivity index (χ2n) is 5.04. The Hall–Kier alpha value is -1.77. The lowest BCUT2D eigenvalue weighted by Gasteiger charge is -2.12. The Kier molecular flexibility index (Phi) is 4.61. The van der Waals surface area contributed by atoms with E-state index in [9.17, 15) is 0 Å². The number of nitrogens with zero attached hydrogens (tertiary/aromatic N) is 2. The molecule has 0 aliphatic carbocycles. The van der Waals surface area contributed by atoms with Crippen LogP contribution in [-0.2, 0) is 13.5 Å². The lowest BCUT2D eigenvalue weighted by Crippen LogP contribution is -2.06. The molecule has 2 aromatic rings. The Morgan fingerprint density at radius 1 is 1.26 bits per heavy atom. The van der Waals surface area contributed by atoms with E-state index in [2.05, 4.69) is 60.8 Å². The van der Waals surface area contributed by atoms with E-state index in [1.807, 2.05) is 11.7 Å². The molecular formula is C16H23N3. The van der Waals surface area contributed by atoms with Crippen LogP contribution in [0.5, 0.6) is 0 Å². The highest BCUT2D eigenvalue weighted by Gasteiger charge is 2.07. The molecule has 2 rings (SSSR count). The highest BCUT2D eigenvalue weighted by atomic mass is 15.3. The van der Waals surface area contributed by atoms with Gasteiger partial charge in [-0.15, -0.1) is 0 Å². The minimum Gasteiger partial charge on any atom is -0.382 e. The number of hydrogen-bond donors (Lipinski definition) is 1. The minimum absolute atomic E-state index is 0.579. The van der Waals surface area contributed by atoms with E-state index in [1.54, 1.807) is 0 Å². The molecule has 19 heavy (non-hydrogen) atoms. The van der Waals surface area contributed by atoms with Crippen molar-refractivity contribution in [3.05, 3.63) is 47.8 Å². The molecule has 102 valence electrons. The lowest BCUT2D eigenvalue weighted by atomic mass is 9.98. The first kappa shape index (κ1) is 13.7. The van der Waals surface area contributed by atoms with E-state index in [-0.39, 0.29) is 0 Å². The molecule has 1 aromatic heterocycles. The van der Waals surface area contributed by atoms with E-state index in [0.717, 1.165) is 25.1 Å². The van der Waals surface area contributed by atoms with Crippen molar-refractivity contribution in [3.63, 3.8) is 0 Å². The molecule has 0 saturated carbocycles. The second kappa shape index (κ2) is 6.41. The van der Waals surface area contributed by atoms with Gasteiger partial charge in [0.2, 0.25) is 0 Å². The summed E-state index contributed by atoms with van der Waals surface area (Å²) < 4.78 is 1.88. The zero-order valence-corrected chi connectivity index (χ0v) is 12.1. The van der Waals surface area contributed by atoms with Crippen LogP contribution in [0.15, 0.2) is 36.5 Å². The highest BCUT2D eigenvalue weighted by molar-refractivity contribution is 5.46. The molecule has 0 amide bonds. The van der Waals surface area contributed by atoms with Gasteiger partial charge in [0.05, 0.1) is 11.4 Å². The van der Waals surface area contributed by atoms with Gasteiger partial charge in [0, 0.05) is 19.8 Å². The summed E-state index contributed by atoms with van der Waals surface area (Å²) in [6.07, 6.45) is 4.16. The Bertz CT molecular complexity index is 502. The predicted octanol–water partition coefficient (Wildman–Crippen LogP) is 3.59. The normalized spacial score (nSPS) is 12.4. The number of nitrogens with one attached hydrogen (secondary N) is 1. The maximum atomic E-state index is 4.44. The van der Waals surface area contributed by atoms with Crippen molar-refractivity contribution in [2.75, 3.05) is 11.9 Å². The predicted molar refractivity (Wildman–Crippen MR) is 80.5 cm³/mol. The average Bonchev–Trinajstić information content (AvgIpc) is 2.80. The van der Waals surface area contributed by atoms with Crippen molar-refractivity contribution in [2.24, 2.45) is 7.05 Å². The molecule has 0 aliphatic rings. The van der Waals surface area contributed by atoms with Gasteiger partial charge in [-0.25, -0.2) is 0 Å². The summed E-state index contributed by atoms with van der Waals surface area (Å²) in [5.74, 6) is 0.579. The molecule has 0 saturated heterocycles. The highest BCUT2D eigenvalue weighted by Crippen LogP contribution is 2.19. The number of aromatic nitrogens is 2. The van der Waals surface area contributed by atoms with Gasteiger partial charge in [0.1, 0.15) is 0 Å². The van der Waals surface area contributed by atoms with E-state index >= 15 is 0 Å². The Balaban J connectivity index is 1.86. The van der Waals surface area contributed by atoms with Crippen LogP contribution in [0.4, 0.5) is 5.69 Å². The van der Waals surface area contributed by atoms with E-state index in [1.165, 1.54) is 11.3 Å². The SMILES string of the molecule is CCc1nn(C)cc1NCCC(C)c1ccccc1. The summed E-state index contributed by atoms with van der Waals surface area (Å²) in [6.45, 7) is 5.40. The fourth-order valence-corrected chi connectivity index (χ4v) is 2.31. The first-order valence-corrected chi connectivity index (χ1v) is 7.02. The van der Waals surface area contributed by atoms with Crippen LogP contribution in [0.3, 0.4) is 0 Å². The maximum Gasteiger partial charge on any atom is 0.0853 e. The lowest BCUT2D eigenvalue weighted by molar-refractivity contribution is 0.705. The van der Waals surface area contributed by atoms with Crippen LogP contribution in [0, 0.1) is 0 Å². The van der Waals surface area contributed by atoms with Crippen molar-refractivity contribution in [1.82, 2.24) is 9.78 Å². The van der Waals surface area contributed by atoms with Crippen LogP contribution in [0.25, 0.3) is 0 Å². The maximum absolute atomic E-state index is 4.44. The van der Waals surface area contributed by atoms with Crippen molar-refractivity contribution in [2.45, 2.75) is 32.6 Å². The van der Waals surface area contributed by atoms with Gasteiger partial charge in [0.25, 0.3) is 0 Å². The van der Waals surface area contributed by atoms with Crippen molar-refractivity contribution >= 4 is 5.69 Å². The zero-order chi connectivity index (χ0) is 13.7. The fourth-order valence-electron chi connectivity index (χ4n) is 2.31. The largest absolute Gasteiger partial charge is 0.382 e. The summed E-state index contributed by atoms with van der Waals surface area (Å²) in [5, 5.41) is 7.94. The number of aryl methyl sites for hydroxylation is 2. The van der Waals surface area contributed by atoms with Crippen LogP contribution in [0.1, 0.15) is 37.4 Å². The van der Waals surface area contributed by atoms with E-state index < -0.39 is 0 Å². The van der Waals surface area contributed by atoms with Gasteiger partial charge >= 0.3 is 0 Å². The minimum atomic E-state index is 0.579. The molecule has 1 unspecified atom stereocenters. The Morgan fingerprint density at radius 2 is 2.00 bits per heavy atom. The number of rotatable bonds is 6. The van der Waals surface area contributed by atoms with Gasteiger partial charge in [-0.2, -0.15) is 5.10 Å². The fraction of sp³-hybridized carbons (Fsp3) is 0.438. The molecule has 1 heterocycles. The summed E-state index contributed by atoms with van der Waals surface area (Å²) in [4.78, 5) is 0. The third-order valence-corrected chi connectivity index (χ3v) is 3.50. The van der Waals surface area contributed by atoms with E-state index in [4.69, 9.17) is 0 Å². The quantitative estimate of drug-likeness (QED) is 0.857. The van der Waals surface area contributed by atoms with Crippen molar-refractivity contribution in [1.29, 1.82) is 0 Å². The summed E-state index contributed by atoms with van der Waals surface area (Å²) in [5.41, 5.74) is 3.73. The van der Waals surface area contributed by atoms with Crippen molar-refractivity contribution in [3.8, 4) is 0 Å². The third kappa shape index (κ3) is 3.60. The molecule has 0 fully saturated rings. The molecule has 3 heteroatoms.